The van der Waals surface area contributed by atoms with Crippen molar-refractivity contribution in [3.8, 4) is 0 Å². The maximum Gasteiger partial charge on any atom is 0.130 e. The van der Waals surface area contributed by atoms with Gasteiger partial charge in [-0.1, -0.05) is 54.6 Å². The highest BCUT2D eigenvalue weighted by molar-refractivity contribution is 5.39. The molecule has 0 amide bonds. The largest absolute Gasteiger partial charge is 0.379 e. The summed E-state index contributed by atoms with van der Waals surface area (Å²) in [6, 6.07) is 19.9. The van der Waals surface area contributed by atoms with Gasteiger partial charge in [0.05, 0.1) is 0 Å². The third-order valence-corrected chi connectivity index (χ3v) is 4.36. The number of benzene rings is 3. The van der Waals surface area contributed by atoms with Crippen molar-refractivity contribution in [2.24, 2.45) is 5.73 Å². The second kappa shape index (κ2) is 7.13. The van der Waals surface area contributed by atoms with Gasteiger partial charge in [0.25, 0.3) is 0 Å². The van der Waals surface area contributed by atoms with Crippen LogP contribution in [0.25, 0.3) is 0 Å². The van der Waals surface area contributed by atoms with Crippen molar-refractivity contribution in [3.63, 3.8) is 0 Å². The smallest absolute Gasteiger partial charge is 0.130 e. The Morgan fingerprint density at radius 1 is 0.800 bits per heavy atom. The zero-order chi connectivity index (χ0) is 17.9. The summed E-state index contributed by atoms with van der Waals surface area (Å²) in [7, 11) is 0. The molecule has 0 bridgehead atoms. The van der Waals surface area contributed by atoms with Crippen molar-refractivity contribution in [2.75, 3.05) is 0 Å². The predicted molar refractivity (Wildman–Crippen MR) is 93.9 cm³/mol. The van der Waals surface area contributed by atoms with Crippen LogP contribution < -0.4 is 5.73 Å². The van der Waals surface area contributed by atoms with Crippen LogP contribution in [0.3, 0.4) is 0 Å². The van der Waals surface area contributed by atoms with Crippen molar-refractivity contribution < 1.29 is 13.9 Å². The number of hydrogen-bond acceptors (Lipinski definition) is 2. The zero-order valence-corrected chi connectivity index (χ0v) is 13.6. The summed E-state index contributed by atoms with van der Waals surface area (Å²) in [6.07, 6.45) is 0.352. The molecule has 1 unspecified atom stereocenters. The van der Waals surface area contributed by atoms with Crippen molar-refractivity contribution in [2.45, 2.75) is 18.1 Å². The highest BCUT2D eigenvalue weighted by atomic mass is 19.1. The average molecular weight is 339 g/mol. The van der Waals surface area contributed by atoms with Crippen LogP contribution in [0.1, 0.15) is 16.7 Å². The van der Waals surface area contributed by atoms with E-state index in [-0.39, 0.29) is 0 Å². The van der Waals surface area contributed by atoms with E-state index < -0.39 is 23.3 Å². The van der Waals surface area contributed by atoms with Gasteiger partial charge < -0.3 is 10.8 Å². The molecule has 0 saturated carbocycles. The summed E-state index contributed by atoms with van der Waals surface area (Å²) in [5.74, 6) is -0.974. The molecule has 0 radical (unpaired) electrons. The maximum absolute atomic E-state index is 13.8. The standard InChI is InChI=1S/C21H19F2NO/c22-18-10-4-8-16(13-18)21(25,17-9-5-11-19(23)14-17)20(24)12-15-6-2-1-3-7-15/h1-11,13-14,20,25H,12,24H2. The summed E-state index contributed by atoms with van der Waals surface area (Å²) in [6.45, 7) is 0. The normalized spacial score (nSPS) is 12.8. The van der Waals surface area contributed by atoms with E-state index in [0.717, 1.165) is 5.56 Å². The lowest BCUT2D eigenvalue weighted by atomic mass is 9.78. The third kappa shape index (κ3) is 3.60. The first-order chi connectivity index (χ1) is 12.0. The summed E-state index contributed by atoms with van der Waals surface area (Å²) in [4.78, 5) is 0. The molecule has 0 fully saturated rings. The molecule has 3 aromatic carbocycles. The minimum Gasteiger partial charge on any atom is -0.379 e. The van der Waals surface area contributed by atoms with Gasteiger partial charge in [0.2, 0.25) is 0 Å². The van der Waals surface area contributed by atoms with Crippen molar-refractivity contribution in [1.82, 2.24) is 0 Å². The fourth-order valence-corrected chi connectivity index (χ4v) is 3.06. The highest BCUT2D eigenvalue weighted by Gasteiger charge is 2.38. The topological polar surface area (TPSA) is 46.2 Å². The monoisotopic (exact) mass is 339 g/mol. The van der Waals surface area contributed by atoms with Gasteiger partial charge in [0.15, 0.2) is 0 Å². The van der Waals surface area contributed by atoms with E-state index in [1.165, 1.54) is 36.4 Å². The molecule has 3 N–H and O–H groups in total. The Balaban J connectivity index is 2.08. The summed E-state index contributed by atoms with van der Waals surface area (Å²) < 4.78 is 27.5. The van der Waals surface area contributed by atoms with Gasteiger partial charge in [-0.05, 0) is 47.4 Å². The second-order valence-corrected chi connectivity index (χ2v) is 6.08. The maximum atomic E-state index is 13.8. The second-order valence-electron chi connectivity index (χ2n) is 6.08. The lowest BCUT2D eigenvalue weighted by Gasteiger charge is -2.35. The number of nitrogens with two attached hydrogens (primary N) is 1. The van der Waals surface area contributed by atoms with Crippen LogP contribution in [0.15, 0.2) is 78.9 Å². The molecule has 0 aliphatic heterocycles. The highest BCUT2D eigenvalue weighted by Crippen LogP contribution is 2.34. The molecular formula is C21H19F2NO. The Hall–Kier alpha value is -2.56. The first-order valence-electron chi connectivity index (χ1n) is 8.04. The summed E-state index contributed by atoms with van der Waals surface area (Å²) in [5.41, 5.74) is 6.15. The lowest BCUT2D eigenvalue weighted by molar-refractivity contribution is 0.0510. The fourth-order valence-electron chi connectivity index (χ4n) is 3.06. The Bertz CT molecular complexity index is 806. The van der Waals surface area contributed by atoms with E-state index >= 15 is 0 Å². The Labute approximate surface area is 145 Å². The van der Waals surface area contributed by atoms with Crippen LogP contribution in [0, 0.1) is 11.6 Å². The van der Waals surface area contributed by atoms with Crippen LogP contribution in [-0.2, 0) is 12.0 Å². The van der Waals surface area contributed by atoms with E-state index in [0.29, 0.717) is 17.5 Å². The van der Waals surface area contributed by atoms with Crippen LogP contribution in [0.5, 0.6) is 0 Å². The van der Waals surface area contributed by atoms with Crippen molar-refractivity contribution >= 4 is 0 Å². The van der Waals surface area contributed by atoms with Crippen LogP contribution in [0.4, 0.5) is 8.78 Å². The van der Waals surface area contributed by atoms with Gasteiger partial charge in [-0.15, -0.1) is 0 Å². The van der Waals surface area contributed by atoms with Gasteiger partial charge in [-0.2, -0.15) is 0 Å². The Morgan fingerprint density at radius 2 is 1.32 bits per heavy atom. The van der Waals surface area contributed by atoms with E-state index in [9.17, 15) is 13.9 Å². The molecule has 0 aliphatic carbocycles. The van der Waals surface area contributed by atoms with Crippen LogP contribution in [-0.4, -0.2) is 11.1 Å². The zero-order valence-electron chi connectivity index (χ0n) is 13.6. The average Bonchev–Trinajstić information content (AvgIpc) is 2.62. The Kier molecular flexibility index (Phi) is 4.93. The van der Waals surface area contributed by atoms with E-state index in [1.807, 2.05) is 30.3 Å². The molecule has 0 spiro atoms. The fraction of sp³-hybridized carbons (Fsp3) is 0.143. The molecule has 25 heavy (non-hydrogen) atoms. The summed E-state index contributed by atoms with van der Waals surface area (Å²) >= 11 is 0. The number of rotatable bonds is 5. The van der Waals surface area contributed by atoms with Crippen LogP contribution in [0.2, 0.25) is 0 Å². The van der Waals surface area contributed by atoms with E-state index in [2.05, 4.69) is 0 Å². The van der Waals surface area contributed by atoms with E-state index in [4.69, 9.17) is 5.73 Å². The SMILES string of the molecule is NC(Cc1ccccc1)C(O)(c1cccc(F)c1)c1cccc(F)c1. The van der Waals surface area contributed by atoms with Gasteiger partial charge in [0, 0.05) is 6.04 Å². The van der Waals surface area contributed by atoms with Crippen molar-refractivity contribution in [1.29, 1.82) is 0 Å². The molecule has 1 atom stereocenters. The quantitative estimate of drug-likeness (QED) is 0.743. The molecule has 0 aromatic heterocycles. The minimum absolute atomic E-state index is 0.293. The molecular weight excluding hydrogens is 320 g/mol. The van der Waals surface area contributed by atoms with E-state index in [1.54, 1.807) is 12.1 Å². The molecule has 3 rings (SSSR count). The number of hydrogen-bond donors (Lipinski definition) is 2. The number of aliphatic hydroxyl groups is 1. The molecule has 4 heteroatoms. The molecule has 0 aliphatic rings. The van der Waals surface area contributed by atoms with Gasteiger partial charge in [-0.3, -0.25) is 0 Å². The first kappa shape index (κ1) is 17.3. The lowest BCUT2D eigenvalue weighted by Crippen LogP contribution is -2.48. The molecule has 0 saturated heterocycles. The van der Waals surface area contributed by atoms with Gasteiger partial charge in [-0.25, -0.2) is 8.78 Å². The molecule has 3 aromatic rings. The Morgan fingerprint density at radius 3 is 1.80 bits per heavy atom. The molecule has 2 nitrogen and oxygen atoms in total. The third-order valence-electron chi connectivity index (χ3n) is 4.36. The molecule has 0 heterocycles. The number of halogens is 2. The molecule has 128 valence electrons. The van der Waals surface area contributed by atoms with Gasteiger partial charge in [0.1, 0.15) is 17.2 Å². The minimum atomic E-state index is -1.72. The van der Waals surface area contributed by atoms with Gasteiger partial charge >= 0.3 is 0 Å². The predicted octanol–water partition coefficient (Wildman–Crippen LogP) is 3.77. The van der Waals surface area contributed by atoms with Crippen LogP contribution >= 0.6 is 0 Å². The van der Waals surface area contributed by atoms with Crippen molar-refractivity contribution in [3.05, 3.63) is 107 Å². The first-order valence-corrected chi connectivity index (χ1v) is 8.04. The summed E-state index contributed by atoms with van der Waals surface area (Å²) in [5, 5.41) is 11.5.